The van der Waals surface area contributed by atoms with E-state index in [1.165, 1.54) is 31.3 Å². The van der Waals surface area contributed by atoms with E-state index in [-0.39, 0.29) is 29.7 Å². The second-order valence-corrected chi connectivity index (χ2v) is 9.68. The van der Waals surface area contributed by atoms with E-state index in [9.17, 15) is 35.9 Å². The van der Waals surface area contributed by atoms with Crippen molar-refractivity contribution in [3.8, 4) is 11.5 Å². The van der Waals surface area contributed by atoms with E-state index in [4.69, 9.17) is 18.9 Å². The molecule has 2 aromatic carbocycles. The number of fused-ring (bicyclic) bond motifs is 1. The van der Waals surface area contributed by atoms with Crippen LogP contribution in [0.15, 0.2) is 30.3 Å². The molecule has 8 nitrogen and oxygen atoms in total. The maximum atomic E-state index is 13.5. The zero-order valence-corrected chi connectivity index (χ0v) is 23.1. The molecule has 1 heterocycles. The Labute approximate surface area is 232 Å². The molecule has 3 rings (SSSR count). The number of rotatable bonds is 6. The number of carbonyl (C=O) groups is 2. The molecule has 0 fully saturated rings. The summed E-state index contributed by atoms with van der Waals surface area (Å²) in [5.41, 5.74) is -2.88. The lowest BCUT2D eigenvalue weighted by Gasteiger charge is -2.43. The van der Waals surface area contributed by atoms with E-state index in [0.717, 1.165) is 12.0 Å². The SMILES string of the molecule is COC(=O)N(Cc1cc(C(F)(F)F)cc(C(F)(F)F)c1)[C@@H]1C[C@H](C)N(C(=O)OC(C)C)c2cc(OC)c(OC)cc21. The molecule has 1 aliphatic heterocycles. The van der Waals surface area contributed by atoms with E-state index in [2.05, 4.69) is 0 Å². The second-order valence-electron chi connectivity index (χ2n) is 9.68. The summed E-state index contributed by atoms with van der Waals surface area (Å²) in [5.74, 6) is 0.449. The average Bonchev–Trinajstić information content (AvgIpc) is 2.88. The minimum absolute atomic E-state index is 0.0132. The highest BCUT2D eigenvalue weighted by Crippen LogP contribution is 2.47. The van der Waals surface area contributed by atoms with Crippen LogP contribution in [0.3, 0.4) is 0 Å². The molecule has 0 saturated heterocycles. The number of halogens is 6. The van der Waals surface area contributed by atoms with Gasteiger partial charge in [-0.3, -0.25) is 9.80 Å². The number of methoxy groups -OCH3 is 3. The van der Waals surface area contributed by atoms with Crippen molar-refractivity contribution in [2.45, 2.75) is 64.3 Å². The van der Waals surface area contributed by atoms with Crippen molar-refractivity contribution in [3.63, 3.8) is 0 Å². The maximum Gasteiger partial charge on any atom is 0.416 e. The minimum atomic E-state index is -5.07. The molecular weight excluding hydrogens is 562 g/mol. The zero-order valence-electron chi connectivity index (χ0n) is 23.1. The third kappa shape index (κ3) is 6.91. The molecule has 226 valence electrons. The Morgan fingerprint density at radius 3 is 1.93 bits per heavy atom. The van der Waals surface area contributed by atoms with Gasteiger partial charge in [-0.1, -0.05) is 0 Å². The van der Waals surface area contributed by atoms with Gasteiger partial charge in [-0.15, -0.1) is 0 Å². The van der Waals surface area contributed by atoms with Gasteiger partial charge in [0.15, 0.2) is 11.5 Å². The Morgan fingerprint density at radius 1 is 0.927 bits per heavy atom. The van der Waals surface area contributed by atoms with Crippen molar-refractivity contribution >= 4 is 17.9 Å². The molecular formula is C27H30F6N2O6. The fraction of sp³-hybridized carbons (Fsp3) is 0.481. The third-order valence-corrected chi connectivity index (χ3v) is 6.48. The Bertz CT molecular complexity index is 1250. The summed E-state index contributed by atoms with van der Waals surface area (Å²) >= 11 is 0. The molecule has 0 radical (unpaired) electrons. The average molecular weight is 593 g/mol. The van der Waals surface area contributed by atoms with Gasteiger partial charge in [-0.05, 0) is 57.0 Å². The molecule has 2 amide bonds. The fourth-order valence-electron chi connectivity index (χ4n) is 4.71. The molecule has 1 aliphatic rings. The van der Waals surface area contributed by atoms with Gasteiger partial charge in [0.05, 0.1) is 50.3 Å². The second kappa shape index (κ2) is 12.0. The highest BCUT2D eigenvalue weighted by Gasteiger charge is 2.42. The topological polar surface area (TPSA) is 77.5 Å². The van der Waals surface area contributed by atoms with Crippen LogP contribution in [0.2, 0.25) is 0 Å². The summed E-state index contributed by atoms with van der Waals surface area (Å²) in [7, 11) is 3.77. The van der Waals surface area contributed by atoms with E-state index < -0.39 is 66.0 Å². The maximum absolute atomic E-state index is 13.5. The van der Waals surface area contributed by atoms with Crippen LogP contribution in [-0.2, 0) is 28.4 Å². The summed E-state index contributed by atoms with van der Waals surface area (Å²) in [6, 6.07) is 2.51. The molecule has 0 aromatic heterocycles. The van der Waals surface area contributed by atoms with Gasteiger partial charge in [0.2, 0.25) is 0 Å². The van der Waals surface area contributed by atoms with E-state index in [0.29, 0.717) is 17.7 Å². The van der Waals surface area contributed by atoms with Crippen LogP contribution in [0.5, 0.6) is 11.5 Å². The molecule has 14 heteroatoms. The van der Waals surface area contributed by atoms with Gasteiger partial charge in [0.1, 0.15) is 0 Å². The van der Waals surface area contributed by atoms with E-state index in [1.807, 2.05) is 0 Å². The van der Waals surface area contributed by atoms with E-state index >= 15 is 0 Å². The molecule has 0 unspecified atom stereocenters. The van der Waals surface area contributed by atoms with Gasteiger partial charge in [-0.2, -0.15) is 26.3 Å². The molecule has 0 aliphatic carbocycles. The highest BCUT2D eigenvalue weighted by molar-refractivity contribution is 5.91. The third-order valence-electron chi connectivity index (χ3n) is 6.48. The Kier molecular flexibility index (Phi) is 9.24. The first kappa shape index (κ1) is 31.7. The van der Waals surface area contributed by atoms with Crippen LogP contribution in [0.25, 0.3) is 0 Å². The predicted octanol–water partition coefficient (Wildman–Crippen LogP) is 7.19. The fourth-order valence-corrected chi connectivity index (χ4v) is 4.71. The van der Waals surface area contributed by atoms with Crippen molar-refractivity contribution < 1.29 is 54.9 Å². The smallest absolute Gasteiger partial charge is 0.416 e. The number of nitrogens with zero attached hydrogens (tertiary/aromatic N) is 2. The zero-order chi connectivity index (χ0) is 30.9. The molecule has 0 spiro atoms. The van der Waals surface area contributed by atoms with Gasteiger partial charge in [0.25, 0.3) is 0 Å². The Hall–Kier alpha value is -3.84. The van der Waals surface area contributed by atoms with Crippen molar-refractivity contribution in [2.24, 2.45) is 0 Å². The molecule has 2 atom stereocenters. The first-order valence-electron chi connectivity index (χ1n) is 12.4. The van der Waals surface area contributed by atoms with Crippen LogP contribution in [0, 0.1) is 0 Å². The first-order chi connectivity index (χ1) is 19.0. The summed E-state index contributed by atoms with van der Waals surface area (Å²) in [6.45, 7) is 4.32. The molecule has 0 bridgehead atoms. The summed E-state index contributed by atoms with van der Waals surface area (Å²) in [4.78, 5) is 28.5. The summed E-state index contributed by atoms with van der Waals surface area (Å²) in [6.07, 6.45) is -12.3. The van der Waals surface area contributed by atoms with Crippen molar-refractivity contribution in [1.29, 1.82) is 0 Å². The van der Waals surface area contributed by atoms with Gasteiger partial charge in [0, 0.05) is 24.2 Å². The number of anilines is 1. The lowest BCUT2D eigenvalue weighted by Crippen LogP contribution is -2.48. The van der Waals surface area contributed by atoms with Crippen molar-refractivity contribution in [2.75, 3.05) is 26.2 Å². The molecule has 0 N–H and O–H groups in total. The summed E-state index contributed by atoms with van der Waals surface area (Å²) in [5, 5.41) is 0. The standard InChI is InChI=1S/C27H30F6N2O6/c1-14(2)41-25(37)35-15(3)7-20(19-11-22(38-4)23(39-5)12-21(19)35)34(24(36)40-6)13-16-8-17(26(28,29)30)10-18(9-16)27(31,32)33/h8-12,14-15,20H,7,13H2,1-6H3/t15-,20+/m0/s1. The minimum Gasteiger partial charge on any atom is -0.493 e. The van der Waals surface area contributed by atoms with Crippen molar-refractivity contribution in [1.82, 2.24) is 4.90 Å². The Balaban J connectivity index is 2.20. The first-order valence-corrected chi connectivity index (χ1v) is 12.4. The quantitative estimate of drug-likeness (QED) is 0.331. The van der Waals surface area contributed by atoms with Gasteiger partial charge < -0.3 is 18.9 Å². The normalized spacial score (nSPS) is 17.1. The number of hydrogen-bond acceptors (Lipinski definition) is 6. The van der Waals surface area contributed by atoms with Crippen LogP contribution in [0.4, 0.5) is 41.6 Å². The molecule has 2 aromatic rings. The summed E-state index contributed by atoms with van der Waals surface area (Å²) < 4.78 is 102. The van der Waals surface area contributed by atoms with Gasteiger partial charge >= 0.3 is 24.5 Å². The molecule has 41 heavy (non-hydrogen) atoms. The lowest BCUT2D eigenvalue weighted by atomic mass is 9.90. The van der Waals surface area contributed by atoms with Crippen LogP contribution in [0.1, 0.15) is 55.5 Å². The monoisotopic (exact) mass is 592 g/mol. The highest BCUT2D eigenvalue weighted by atomic mass is 19.4. The largest absolute Gasteiger partial charge is 0.493 e. The van der Waals surface area contributed by atoms with Crippen LogP contribution >= 0.6 is 0 Å². The number of alkyl halides is 6. The Morgan fingerprint density at radius 2 is 1.46 bits per heavy atom. The van der Waals surface area contributed by atoms with Crippen molar-refractivity contribution in [3.05, 3.63) is 52.6 Å². The lowest BCUT2D eigenvalue weighted by molar-refractivity contribution is -0.143. The van der Waals surface area contributed by atoms with Gasteiger partial charge in [-0.25, -0.2) is 9.59 Å². The van der Waals surface area contributed by atoms with Crippen LogP contribution < -0.4 is 14.4 Å². The predicted molar refractivity (Wildman–Crippen MR) is 135 cm³/mol. The number of ether oxygens (including phenoxy) is 4. The number of benzene rings is 2. The molecule has 0 saturated carbocycles. The number of hydrogen-bond donors (Lipinski definition) is 0. The van der Waals surface area contributed by atoms with Crippen LogP contribution in [-0.4, -0.2) is 50.6 Å². The number of amides is 2. The number of carbonyl (C=O) groups excluding carboxylic acids is 2. The van der Waals surface area contributed by atoms with E-state index in [1.54, 1.807) is 20.8 Å².